The molecule has 7 atom stereocenters. The van der Waals surface area contributed by atoms with Crippen molar-refractivity contribution >= 4 is 34.7 Å². The van der Waals surface area contributed by atoms with Crippen molar-refractivity contribution in [1.82, 2.24) is 15.1 Å². The number of aromatic hydroxyl groups is 1. The quantitative estimate of drug-likeness (QED) is 0.176. The molecule has 5 heterocycles. The first kappa shape index (κ1) is 40.8. The predicted molar refractivity (Wildman–Crippen MR) is 221 cm³/mol. The first-order valence-electron chi connectivity index (χ1n) is 19.9. The lowest BCUT2D eigenvalue weighted by Crippen LogP contribution is -2.62. The third-order valence-corrected chi connectivity index (χ3v) is 13.9. The largest absolute Gasteiger partial charge is 0.504 e. The van der Waals surface area contributed by atoms with Crippen molar-refractivity contribution < 1.29 is 42.8 Å². The number of carbonyl (C=O) groups is 2. The zero-order valence-corrected chi connectivity index (χ0v) is 35.5. The first-order valence-corrected chi connectivity index (χ1v) is 20.9. The van der Waals surface area contributed by atoms with Gasteiger partial charge in [-0.3, -0.25) is 15.0 Å². The molecule has 15 heteroatoms. The van der Waals surface area contributed by atoms with E-state index < -0.39 is 41.6 Å². The van der Waals surface area contributed by atoms with Gasteiger partial charge in [-0.25, -0.2) is 4.79 Å². The highest BCUT2D eigenvalue weighted by Crippen LogP contribution is 2.55. The second-order valence-electron chi connectivity index (χ2n) is 16.2. The van der Waals surface area contributed by atoms with Gasteiger partial charge >= 0.3 is 11.9 Å². The van der Waals surface area contributed by atoms with E-state index >= 15 is 4.79 Å². The highest BCUT2D eigenvalue weighted by Gasteiger charge is 2.55. The fourth-order valence-corrected chi connectivity index (χ4v) is 11.3. The Labute approximate surface area is 347 Å². The van der Waals surface area contributed by atoms with E-state index in [0.29, 0.717) is 63.0 Å². The number of phenols is 1. The average Bonchev–Trinajstić information content (AvgIpc) is 3.81. The summed E-state index contributed by atoms with van der Waals surface area (Å²) in [5.74, 6) is 1.14. The Bertz CT molecular complexity index is 2390. The number of esters is 2. The molecule has 1 spiro atoms. The van der Waals surface area contributed by atoms with Gasteiger partial charge in [-0.2, -0.15) is 17.0 Å². The van der Waals surface area contributed by atoms with Crippen LogP contribution in [-0.4, -0.2) is 97.1 Å². The van der Waals surface area contributed by atoms with Crippen LogP contribution in [0, 0.1) is 32.1 Å². The molecule has 3 aromatic carbocycles. The third-order valence-electron chi connectivity index (χ3n) is 12.5. The number of rotatable bonds is 5. The van der Waals surface area contributed by atoms with Crippen LogP contribution in [0.15, 0.2) is 34.7 Å². The fourth-order valence-electron chi connectivity index (χ4n) is 9.98. The Hall–Kier alpha value is -4.98. The summed E-state index contributed by atoms with van der Waals surface area (Å²) in [6.07, 6.45) is 0.798. The van der Waals surface area contributed by atoms with Gasteiger partial charge in [0, 0.05) is 76.2 Å². The molecule has 0 amide bonds. The summed E-state index contributed by atoms with van der Waals surface area (Å²) < 4.78 is 37.2. The van der Waals surface area contributed by atoms with E-state index in [2.05, 4.69) is 28.1 Å². The maximum atomic E-state index is 15.2. The van der Waals surface area contributed by atoms with Gasteiger partial charge in [-0.1, -0.05) is 31.2 Å². The summed E-state index contributed by atoms with van der Waals surface area (Å²) in [7, 11) is 5.45. The van der Waals surface area contributed by atoms with Gasteiger partial charge in [0.1, 0.15) is 29.7 Å². The number of aryl methyl sites for hydroxylation is 1. The second kappa shape index (κ2) is 15.6. The Morgan fingerprint density at radius 2 is 1.86 bits per heavy atom. The van der Waals surface area contributed by atoms with Crippen molar-refractivity contribution in [2.24, 2.45) is 5.73 Å². The number of nitrogens with two attached hydrogens (primary N) is 1. The molecule has 1 aromatic heterocycles. The molecule has 4 N–H and O–H groups in total. The van der Waals surface area contributed by atoms with Crippen LogP contribution in [0.5, 0.6) is 28.7 Å². The van der Waals surface area contributed by atoms with E-state index in [-0.39, 0.29) is 49.2 Å². The third kappa shape index (κ3) is 6.47. The van der Waals surface area contributed by atoms with E-state index in [1.165, 1.54) is 14.0 Å². The number of para-hydroxylation sites is 1. The Morgan fingerprint density at radius 1 is 1.12 bits per heavy atom. The minimum Gasteiger partial charge on any atom is -0.504 e. The molecule has 1 saturated heterocycles. The highest BCUT2D eigenvalue weighted by molar-refractivity contribution is 8.00. The predicted octanol–water partition coefficient (Wildman–Crippen LogP) is 5.24. The Balaban J connectivity index is 1.41. The van der Waals surface area contributed by atoms with Gasteiger partial charge in [0.15, 0.2) is 28.5 Å². The molecule has 4 aliphatic rings. The maximum Gasteiger partial charge on any atom is 0.335 e. The number of hydrogen-bond acceptors (Lipinski definition) is 15. The number of hydrogen-bond donors (Lipinski definition) is 3. The average molecular weight is 826 g/mol. The number of thioether (sulfide) groups is 1. The van der Waals surface area contributed by atoms with Crippen LogP contribution in [0.3, 0.4) is 0 Å². The number of likely N-dealkylation sites (N-methyl/N-ethyl adjacent to an activating group) is 1. The number of cyclic esters (lactones) is 1. The SMILES string of the molecule is COc1c(C)cc2c(c1O)[C@H](N(C)C)C1[C@@H](C)SC[C@]3(N[C@H](CN)Cc4c3oc3ccccc43)C(=O)OC[C@@H](c3c(C)c(OC(C)=O)c(C)c4c3OCO4)N1[C@@H](C#N)C2. The van der Waals surface area contributed by atoms with Gasteiger partial charge in [0.2, 0.25) is 6.79 Å². The van der Waals surface area contributed by atoms with Crippen molar-refractivity contribution in [3.63, 3.8) is 0 Å². The van der Waals surface area contributed by atoms with E-state index in [0.717, 1.165) is 22.1 Å². The lowest BCUT2D eigenvalue weighted by molar-refractivity contribution is -0.156. The van der Waals surface area contributed by atoms with Crippen LogP contribution in [0.25, 0.3) is 11.0 Å². The number of methoxy groups -OCH3 is 1. The normalized spacial score (nSPS) is 26.7. The van der Waals surface area contributed by atoms with Crippen LogP contribution in [-0.2, 0) is 32.7 Å². The Kier molecular flexibility index (Phi) is 10.8. The second-order valence-corrected chi connectivity index (χ2v) is 17.6. The van der Waals surface area contributed by atoms with Gasteiger partial charge in [-0.05, 0) is 58.5 Å². The number of nitriles is 1. The number of furan rings is 1. The molecular weight excluding hydrogens is 775 g/mol. The molecule has 14 nitrogen and oxygen atoms in total. The number of fused-ring (bicyclic) bond motifs is 7. The molecule has 1 fully saturated rings. The number of nitrogens with one attached hydrogen (secondary N) is 1. The van der Waals surface area contributed by atoms with Crippen LogP contribution >= 0.6 is 11.8 Å². The number of carbonyl (C=O) groups excluding carboxylic acids is 2. The first-order chi connectivity index (χ1) is 28.3. The zero-order valence-electron chi connectivity index (χ0n) is 34.6. The van der Waals surface area contributed by atoms with Crippen molar-refractivity contribution in [2.75, 3.05) is 46.9 Å². The number of ether oxygens (including phenoxy) is 5. The van der Waals surface area contributed by atoms with Crippen molar-refractivity contribution in [3.8, 4) is 34.8 Å². The summed E-state index contributed by atoms with van der Waals surface area (Å²) in [5, 5.41) is 27.6. The van der Waals surface area contributed by atoms with E-state index in [4.69, 9.17) is 33.8 Å². The maximum absolute atomic E-state index is 15.2. The van der Waals surface area contributed by atoms with Crippen molar-refractivity contribution in [3.05, 3.63) is 75.0 Å². The lowest BCUT2D eigenvalue weighted by Gasteiger charge is -2.48. The Morgan fingerprint density at radius 3 is 2.56 bits per heavy atom. The molecule has 0 aliphatic carbocycles. The standard InChI is InChI=1S/C44H51N5O9S/c1-21-13-26-14-28(17-46)49-31(33-22(2)39(57-25(5)50)23(3)40-41(33)56-20-55-40)18-54-43(52)44(42-30(15-27(16-45)47-44)29-11-9-10-12-32(29)58-42)19-59-24(4)35(49)36(48(6)7)34(26)37(51)38(21)53-8/h9-13,24,27-28,31,35-36,47,51H,14-16,18-20,45H2,1-8H3/t24-,27+,28-,31+,35?,36+,44-/m1/s1. The topological polar surface area (TPSA) is 182 Å². The minimum absolute atomic E-state index is 0.0152. The molecule has 0 bridgehead atoms. The van der Waals surface area contributed by atoms with E-state index in [1.807, 2.05) is 58.3 Å². The lowest BCUT2D eigenvalue weighted by atomic mass is 9.85. The van der Waals surface area contributed by atoms with E-state index in [1.54, 1.807) is 18.7 Å². The summed E-state index contributed by atoms with van der Waals surface area (Å²) in [5.41, 5.74) is 10.4. The summed E-state index contributed by atoms with van der Waals surface area (Å²) >= 11 is 1.55. The molecule has 8 rings (SSSR count). The molecule has 4 aromatic rings. The van der Waals surface area contributed by atoms with Crippen LogP contribution in [0.2, 0.25) is 0 Å². The molecule has 0 saturated carbocycles. The van der Waals surface area contributed by atoms with Gasteiger partial charge < -0.3 is 43.8 Å². The smallest absolute Gasteiger partial charge is 0.335 e. The van der Waals surface area contributed by atoms with Crippen LogP contribution in [0.4, 0.5) is 0 Å². The van der Waals surface area contributed by atoms with Crippen molar-refractivity contribution in [2.45, 2.75) is 88.5 Å². The molecule has 312 valence electrons. The van der Waals surface area contributed by atoms with Gasteiger partial charge in [-0.15, -0.1) is 0 Å². The van der Waals surface area contributed by atoms with Gasteiger partial charge in [0.05, 0.1) is 25.3 Å². The van der Waals surface area contributed by atoms with Crippen molar-refractivity contribution in [1.29, 1.82) is 5.26 Å². The highest BCUT2D eigenvalue weighted by atomic mass is 32.2. The van der Waals surface area contributed by atoms with Crippen LogP contribution < -0.4 is 30.0 Å². The van der Waals surface area contributed by atoms with Crippen LogP contribution in [0.1, 0.15) is 70.6 Å². The monoisotopic (exact) mass is 825 g/mol. The number of benzene rings is 3. The number of phenolic OH excluding ortho intramolecular Hbond substituents is 1. The molecule has 59 heavy (non-hydrogen) atoms. The molecule has 0 radical (unpaired) electrons. The summed E-state index contributed by atoms with van der Waals surface area (Å²) in [6, 6.07) is 9.38. The summed E-state index contributed by atoms with van der Waals surface area (Å²) in [6.45, 7) is 8.89. The molecule has 4 aliphatic heterocycles. The number of nitrogens with zero attached hydrogens (tertiary/aromatic N) is 3. The zero-order chi connectivity index (χ0) is 42.1. The molecule has 1 unspecified atom stereocenters. The fraction of sp³-hybridized carbons (Fsp3) is 0.477. The molecular formula is C44H51N5O9S. The van der Waals surface area contributed by atoms with Gasteiger partial charge in [0.25, 0.3) is 0 Å². The van der Waals surface area contributed by atoms with E-state index in [9.17, 15) is 15.2 Å². The minimum atomic E-state index is -1.44. The summed E-state index contributed by atoms with van der Waals surface area (Å²) in [4.78, 5) is 32.0.